The molecule has 6 heteroatoms. The molecule has 5 nitrogen and oxygen atoms in total. The van der Waals surface area contributed by atoms with Crippen molar-refractivity contribution in [2.45, 2.75) is 32.6 Å². The molecule has 4 aromatic heterocycles. The Bertz CT molecular complexity index is 1630. The monoisotopic (exact) mass is 519 g/mol. The second kappa shape index (κ2) is 10.9. The number of pyridine rings is 1. The number of aromatic amines is 2. The average molecular weight is 520 g/mol. The Morgan fingerprint density at radius 1 is 1.13 bits per heavy atom. The molecule has 192 valence electrons. The van der Waals surface area contributed by atoms with Gasteiger partial charge in [0.25, 0.3) is 0 Å². The summed E-state index contributed by atoms with van der Waals surface area (Å²) in [5, 5.41) is 14.4. The Labute approximate surface area is 227 Å². The second-order valence-corrected chi connectivity index (χ2v) is 10.7. The molecule has 1 saturated heterocycles. The third-order valence-corrected chi connectivity index (χ3v) is 8.23. The molecule has 0 radical (unpaired) electrons. The number of hydrogen-bond donors (Lipinski definition) is 2. The summed E-state index contributed by atoms with van der Waals surface area (Å²) in [7, 11) is 0. The zero-order chi connectivity index (χ0) is 25.9. The van der Waals surface area contributed by atoms with Gasteiger partial charge in [-0.25, -0.2) is 0 Å². The average Bonchev–Trinajstić information content (AvgIpc) is 3.76. The third kappa shape index (κ3) is 4.89. The van der Waals surface area contributed by atoms with Gasteiger partial charge < -0.3 is 9.88 Å². The predicted molar refractivity (Wildman–Crippen MR) is 161 cm³/mol. The van der Waals surface area contributed by atoms with Crippen LogP contribution >= 0.6 is 11.3 Å². The van der Waals surface area contributed by atoms with Crippen molar-refractivity contribution in [3.8, 4) is 22.5 Å². The highest BCUT2D eigenvalue weighted by atomic mass is 32.1. The van der Waals surface area contributed by atoms with Crippen molar-refractivity contribution < 1.29 is 0 Å². The number of allylic oxidation sites excluding steroid dienone is 5. The van der Waals surface area contributed by atoms with E-state index in [-0.39, 0.29) is 0 Å². The lowest BCUT2D eigenvalue weighted by atomic mass is 10.0. The van der Waals surface area contributed by atoms with Crippen molar-refractivity contribution in [1.82, 2.24) is 25.1 Å². The van der Waals surface area contributed by atoms with Gasteiger partial charge in [-0.15, -0.1) is 0 Å². The predicted octanol–water partition coefficient (Wildman–Crippen LogP) is 8.23. The van der Waals surface area contributed by atoms with Crippen LogP contribution in [0.2, 0.25) is 0 Å². The Hall–Kier alpha value is -3.74. The summed E-state index contributed by atoms with van der Waals surface area (Å²) >= 11 is 1.72. The Balaban J connectivity index is 1.30. The number of nitrogens with zero attached hydrogens (tertiary/aromatic N) is 3. The molecule has 5 aromatic rings. The largest absolute Gasteiger partial charge is 0.353 e. The number of fused-ring (bicyclic) bond motifs is 2. The highest BCUT2D eigenvalue weighted by Gasteiger charge is 2.15. The molecule has 0 atom stereocenters. The van der Waals surface area contributed by atoms with Crippen LogP contribution in [0.3, 0.4) is 0 Å². The van der Waals surface area contributed by atoms with E-state index in [0.717, 1.165) is 58.5 Å². The molecule has 1 aliphatic rings. The Kier molecular flexibility index (Phi) is 7.08. The highest BCUT2D eigenvalue weighted by Crippen LogP contribution is 2.35. The first-order chi connectivity index (χ1) is 18.7. The van der Waals surface area contributed by atoms with Gasteiger partial charge in [-0.2, -0.15) is 16.4 Å². The lowest BCUT2D eigenvalue weighted by Gasteiger charge is -2.14. The number of likely N-dealkylation sites (tertiary alicyclic amines) is 1. The van der Waals surface area contributed by atoms with Gasteiger partial charge in [0.15, 0.2) is 0 Å². The molecule has 1 aromatic carbocycles. The summed E-state index contributed by atoms with van der Waals surface area (Å²) in [5.74, 6) is 0. The Morgan fingerprint density at radius 3 is 2.82 bits per heavy atom. The first-order valence-electron chi connectivity index (χ1n) is 13.4. The molecule has 1 fully saturated rings. The van der Waals surface area contributed by atoms with Crippen LogP contribution in [0.1, 0.15) is 38.3 Å². The van der Waals surface area contributed by atoms with Crippen LogP contribution < -0.4 is 0 Å². The maximum Gasteiger partial charge on any atom is 0.116 e. The summed E-state index contributed by atoms with van der Waals surface area (Å²) < 4.78 is 0. The van der Waals surface area contributed by atoms with Crippen molar-refractivity contribution in [1.29, 1.82) is 0 Å². The summed E-state index contributed by atoms with van der Waals surface area (Å²) in [5.41, 5.74) is 9.71. The summed E-state index contributed by atoms with van der Waals surface area (Å²) in [6.07, 6.45) is 13.1. The summed E-state index contributed by atoms with van der Waals surface area (Å²) in [4.78, 5) is 10.9. The number of hydrogen-bond acceptors (Lipinski definition) is 4. The number of H-pyrrole nitrogens is 2. The minimum Gasteiger partial charge on any atom is -0.353 e. The maximum atomic E-state index is 4.77. The molecule has 1 aliphatic heterocycles. The van der Waals surface area contributed by atoms with Crippen molar-refractivity contribution in [2.24, 2.45) is 0 Å². The van der Waals surface area contributed by atoms with Crippen LogP contribution in [-0.4, -0.2) is 44.7 Å². The number of benzene rings is 1. The van der Waals surface area contributed by atoms with E-state index >= 15 is 0 Å². The molecule has 5 heterocycles. The number of rotatable bonds is 9. The Morgan fingerprint density at radius 2 is 2.03 bits per heavy atom. The SMILES string of the molecule is C=C/C(=C\C(=C/C)c1cc2c(-c3cc4c(-c5ccsc5)cccc4[nH]3)n[nH]c2cn1)CCCN1CCCC1. The fourth-order valence-corrected chi connectivity index (χ4v) is 6.14. The lowest BCUT2D eigenvalue weighted by molar-refractivity contribution is 0.334. The fourth-order valence-electron chi connectivity index (χ4n) is 5.48. The normalized spacial score (nSPS) is 15.2. The third-order valence-electron chi connectivity index (χ3n) is 7.55. The van der Waals surface area contributed by atoms with Gasteiger partial charge in [-0.05, 0) is 116 Å². The van der Waals surface area contributed by atoms with E-state index in [9.17, 15) is 0 Å². The minimum absolute atomic E-state index is 0.908. The second-order valence-electron chi connectivity index (χ2n) is 9.97. The molecule has 2 N–H and O–H groups in total. The van der Waals surface area contributed by atoms with Gasteiger partial charge in [-0.1, -0.05) is 30.9 Å². The van der Waals surface area contributed by atoms with Crippen LogP contribution in [0.4, 0.5) is 0 Å². The first-order valence-corrected chi connectivity index (χ1v) is 14.4. The first kappa shape index (κ1) is 24.6. The van der Waals surface area contributed by atoms with Crippen molar-refractivity contribution in [3.63, 3.8) is 0 Å². The van der Waals surface area contributed by atoms with Gasteiger partial charge >= 0.3 is 0 Å². The molecular formula is C32H33N5S. The molecule has 0 spiro atoms. The van der Waals surface area contributed by atoms with Crippen molar-refractivity contribution >= 4 is 38.7 Å². The molecule has 0 bridgehead atoms. The van der Waals surface area contributed by atoms with Crippen LogP contribution in [0.15, 0.2) is 83.7 Å². The van der Waals surface area contributed by atoms with Crippen molar-refractivity contribution in [3.05, 3.63) is 89.4 Å². The number of aromatic nitrogens is 4. The van der Waals surface area contributed by atoms with Crippen LogP contribution in [-0.2, 0) is 0 Å². The summed E-state index contributed by atoms with van der Waals surface area (Å²) in [6, 6.07) is 12.9. The molecular weight excluding hydrogens is 486 g/mol. The molecule has 0 saturated carbocycles. The van der Waals surface area contributed by atoms with E-state index in [1.165, 1.54) is 48.0 Å². The van der Waals surface area contributed by atoms with E-state index < -0.39 is 0 Å². The zero-order valence-corrected chi connectivity index (χ0v) is 22.7. The maximum absolute atomic E-state index is 4.77. The highest BCUT2D eigenvalue weighted by molar-refractivity contribution is 7.08. The van der Waals surface area contributed by atoms with E-state index in [1.54, 1.807) is 11.3 Å². The van der Waals surface area contributed by atoms with E-state index in [1.807, 2.05) is 12.3 Å². The van der Waals surface area contributed by atoms with Gasteiger partial charge in [0.2, 0.25) is 0 Å². The molecule has 0 unspecified atom stereocenters. The standard InChI is InChI=1S/C32H33N5S/c1-3-22(9-8-15-37-13-5-6-14-37)17-23(4-2)29-19-27-31(20-33-29)35-36-32(27)30-18-26-25(24-12-16-38-21-24)10-7-11-28(26)34-30/h3-4,7,10-12,16-21,34H,1,5-6,8-9,13-15H2,2H3,(H,35,36)/b22-17+,23-4+. The van der Waals surface area contributed by atoms with Gasteiger partial charge in [0.05, 0.1) is 23.1 Å². The van der Waals surface area contributed by atoms with Crippen LogP contribution in [0.5, 0.6) is 0 Å². The zero-order valence-electron chi connectivity index (χ0n) is 21.8. The molecule has 6 rings (SSSR count). The summed E-state index contributed by atoms with van der Waals surface area (Å²) in [6.45, 7) is 9.81. The lowest BCUT2D eigenvalue weighted by Crippen LogP contribution is -2.20. The van der Waals surface area contributed by atoms with E-state index in [0.29, 0.717) is 0 Å². The van der Waals surface area contributed by atoms with Gasteiger partial charge in [-0.3, -0.25) is 10.1 Å². The molecule has 38 heavy (non-hydrogen) atoms. The van der Waals surface area contributed by atoms with Gasteiger partial charge in [0.1, 0.15) is 5.69 Å². The fraction of sp³-hybridized carbons (Fsp3) is 0.250. The number of thiophene rings is 1. The minimum atomic E-state index is 0.908. The number of nitrogens with one attached hydrogen (secondary N) is 2. The topological polar surface area (TPSA) is 60.6 Å². The smallest absolute Gasteiger partial charge is 0.116 e. The quantitative estimate of drug-likeness (QED) is 0.193. The van der Waals surface area contributed by atoms with E-state index in [4.69, 9.17) is 4.98 Å². The van der Waals surface area contributed by atoms with Crippen LogP contribution in [0.25, 0.3) is 49.9 Å². The van der Waals surface area contributed by atoms with Crippen molar-refractivity contribution in [2.75, 3.05) is 19.6 Å². The van der Waals surface area contributed by atoms with Gasteiger partial charge in [0, 0.05) is 16.3 Å². The van der Waals surface area contributed by atoms with Crippen LogP contribution in [0, 0.1) is 0 Å². The molecule has 0 amide bonds. The molecule has 0 aliphatic carbocycles. The van der Waals surface area contributed by atoms with E-state index in [2.05, 4.69) is 92.9 Å².